The van der Waals surface area contributed by atoms with Crippen LogP contribution in [0.2, 0.25) is 0 Å². The molecule has 0 aliphatic rings. The first-order chi connectivity index (χ1) is 13.4. The van der Waals surface area contributed by atoms with Gasteiger partial charge in [-0.25, -0.2) is 11.8 Å². The highest BCUT2D eigenvalue weighted by molar-refractivity contribution is 4.40. The highest BCUT2D eigenvalue weighted by Crippen LogP contribution is 1.95. The minimum atomic E-state index is 0.383. The number of ether oxygens (including phenoxy) is 6. The van der Waals surface area contributed by atoms with Gasteiger partial charge in [-0.1, -0.05) is 0 Å². The lowest BCUT2D eigenvalue weighted by Crippen LogP contribution is -2.15. The van der Waals surface area contributed by atoms with Crippen LogP contribution in [0.15, 0.2) is 0 Å². The van der Waals surface area contributed by atoms with E-state index in [-0.39, 0.29) is 0 Å². The summed E-state index contributed by atoms with van der Waals surface area (Å²) in [5.74, 6) is 9.81. The van der Waals surface area contributed by atoms with Crippen molar-refractivity contribution >= 4 is 0 Å². The van der Waals surface area contributed by atoms with Crippen molar-refractivity contribution in [3.8, 4) is 0 Å². The van der Waals surface area contributed by atoms with E-state index in [0.29, 0.717) is 85.9 Å². The van der Waals surface area contributed by atoms with Gasteiger partial charge < -0.3 is 38.1 Å². The second-order valence-electron chi connectivity index (χ2n) is 5.48. The van der Waals surface area contributed by atoms with Crippen LogP contribution in [0.4, 0.5) is 0 Å². The largest absolute Gasteiger partial charge is 0.379 e. The van der Waals surface area contributed by atoms with Crippen molar-refractivity contribution in [2.24, 2.45) is 11.8 Å². The van der Waals surface area contributed by atoms with Crippen LogP contribution in [0, 0.1) is 0 Å². The quantitative estimate of drug-likeness (QED) is 0.170. The number of hydrogen-bond donors (Lipinski definition) is 2. The summed E-state index contributed by atoms with van der Waals surface area (Å²) in [6.45, 7) is 7.63. The first-order valence-corrected chi connectivity index (χ1v) is 9.51. The van der Waals surface area contributed by atoms with Gasteiger partial charge in [0.25, 0.3) is 0 Å². The van der Waals surface area contributed by atoms with Crippen molar-refractivity contribution in [3.05, 3.63) is 0 Å². The van der Waals surface area contributed by atoms with Crippen molar-refractivity contribution < 1.29 is 38.1 Å². The average molecular weight is 398 g/mol. The fourth-order valence-corrected chi connectivity index (χ4v) is 1.87. The minimum Gasteiger partial charge on any atom is -0.379 e. The first kappa shape index (κ1) is 26.6. The van der Waals surface area contributed by atoms with Crippen LogP contribution >= 0.6 is 0 Å². The van der Waals surface area contributed by atoms with E-state index < -0.39 is 0 Å². The van der Waals surface area contributed by atoms with Crippen LogP contribution in [-0.4, -0.2) is 92.5 Å². The average Bonchev–Trinajstić information content (AvgIpc) is 2.68. The SMILES string of the molecule is NOCCCCCOCCOCCOCCOCCOCCOCCON. The molecule has 0 aromatic carbocycles. The van der Waals surface area contributed by atoms with Gasteiger partial charge in [0.15, 0.2) is 0 Å². The summed E-state index contributed by atoms with van der Waals surface area (Å²) in [4.78, 5) is 8.86. The maximum absolute atomic E-state index is 5.45. The molecule has 27 heavy (non-hydrogen) atoms. The lowest BCUT2D eigenvalue weighted by atomic mass is 10.2. The van der Waals surface area contributed by atoms with Crippen LogP contribution in [0.5, 0.6) is 0 Å². The van der Waals surface area contributed by atoms with Gasteiger partial charge in [0.2, 0.25) is 0 Å². The van der Waals surface area contributed by atoms with Gasteiger partial charge in [0.05, 0.1) is 85.9 Å². The molecule has 0 spiro atoms. The Morgan fingerprint density at radius 3 is 0.963 bits per heavy atom. The molecular weight excluding hydrogens is 360 g/mol. The van der Waals surface area contributed by atoms with Crippen molar-refractivity contribution in [1.82, 2.24) is 0 Å². The Bertz CT molecular complexity index is 241. The van der Waals surface area contributed by atoms with Crippen molar-refractivity contribution in [3.63, 3.8) is 0 Å². The van der Waals surface area contributed by atoms with E-state index >= 15 is 0 Å². The smallest absolute Gasteiger partial charge is 0.0913 e. The van der Waals surface area contributed by atoms with Crippen LogP contribution in [0.25, 0.3) is 0 Å². The van der Waals surface area contributed by atoms with Gasteiger partial charge in [-0.3, -0.25) is 0 Å². The molecule has 0 rings (SSSR count). The van der Waals surface area contributed by atoms with Crippen molar-refractivity contribution in [2.45, 2.75) is 19.3 Å². The van der Waals surface area contributed by atoms with E-state index in [1.807, 2.05) is 0 Å². The standard InChI is InChI=1S/C17H38N2O8/c18-26-5-3-1-2-4-20-6-7-21-8-9-22-10-11-23-12-13-24-14-15-25-16-17-27-19/h1-19H2. The second kappa shape index (κ2) is 25.6. The summed E-state index contributed by atoms with van der Waals surface area (Å²) in [5, 5.41) is 0. The number of nitrogens with two attached hydrogens (primary N) is 2. The zero-order valence-corrected chi connectivity index (χ0v) is 16.4. The molecule has 0 aliphatic heterocycles. The summed E-state index contributed by atoms with van der Waals surface area (Å²) in [6, 6.07) is 0. The summed E-state index contributed by atoms with van der Waals surface area (Å²) in [6.07, 6.45) is 3.03. The van der Waals surface area contributed by atoms with Crippen LogP contribution in [0.3, 0.4) is 0 Å². The number of rotatable bonds is 24. The lowest BCUT2D eigenvalue weighted by molar-refractivity contribution is -0.0206. The molecule has 0 amide bonds. The highest BCUT2D eigenvalue weighted by atomic mass is 16.6. The summed E-state index contributed by atoms with van der Waals surface area (Å²) >= 11 is 0. The molecule has 164 valence electrons. The molecule has 0 aliphatic carbocycles. The third kappa shape index (κ3) is 25.6. The molecule has 0 aromatic rings. The zero-order valence-electron chi connectivity index (χ0n) is 16.4. The fraction of sp³-hybridized carbons (Fsp3) is 1.00. The predicted molar refractivity (Wildman–Crippen MR) is 99.0 cm³/mol. The maximum atomic E-state index is 5.45. The summed E-state index contributed by atoms with van der Waals surface area (Å²) < 4.78 is 32.2. The van der Waals surface area contributed by atoms with Gasteiger partial charge in [-0.2, -0.15) is 0 Å². The Labute approximate surface area is 162 Å². The topological polar surface area (TPSA) is 126 Å². The molecule has 0 aromatic heterocycles. The van der Waals surface area contributed by atoms with Crippen LogP contribution < -0.4 is 11.8 Å². The second-order valence-corrected chi connectivity index (χ2v) is 5.48. The molecule has 4 N–H and O–H groups in total. The van der Waals surface area contributed by atoms with Gasteiger partial charge in [-0.15, -0.1) is 0 Å². The number of unbranched alkanes of at least 4 members (excludes halogenated alkanes) is 2. The van der Waals surface area contributed by atoms with E-state index in [4.69, 9.17) is 40.2 Å². The van der Waals surface area contributed by atoms with E-state index in [1.54, 1.807) is 0 Å². The third-order valence-corrected chi connectivity index (χ3v) is 3.26. The van der Waals surface area contributed by atoms with E-state index in [2.05, 4.69) is 9.68 Å². The van der Waals surface area contributed by atoms with Gasteiger partial charge in [0, 0.05) is 6.61 Å². The summed E-state index contributed by atoms with van der Waals surface area (Å²) in [7, 11) is 0. The Morgan fingerprint density at radius 1 is 0.296 bits per heavy atom. The van der Waals surface area contributed by atoms with Crippen LogP contribution in [0.1, 0.15) is 19.3 Å². The molecule has 0 atom stereocenters. The normalized spacial score (nSPS) is 11.3. The molecule has 0 bridgehead atoms. The summed E-state index contributed by atoms with van der Waals surface area (Å²) in [5.41, 5.74) is 0. The molecule has 10 heteroatoms. The molecule has 0 fully saturated rings. The molecule has 0 saturated carbocycles. The Hall–Kier alpha value is -0.400. The van der Waals surface area contributed by atoms with Gasteiger partial charge in [-0.05, 0) is 19.3 Å². The van der Waals surface area contributed by atoms with Crippen molar-refractivity contribution in [1.29, 1.82) is 0 Å². The first-order valence-electron chi connectivity index (χ1n) is 9.51. The zero-order chi connectivity index (χ0) is 19.7. The number of hydrogen-bond acceptors (Lipinski definition) is 10. The fourth-order valence-electron chi connectivity index (χ4n) is 1.87. The molecule has 0 saturated heterocycles. The minimum absolute atomic E-state index is 0.383. The third-order valence-electron chi connectivity index (χ3n) is 3.26. The van der Waals surface area contributed by atoms with Crippen molar-refractivity contribution in [2.75, 3.05) is 92.5 Å². The maximum Gasteiger partial charge on any atom is 0.0913 e. The van der Waals surface area contributed by atoms with Gasteiger partial charge >= 0.3 is 0 Å². The molecular formula is C17H38N2O8. The molecule has 0 heterocycles. The Balaban J connectivity index is 2.95. The molecule has 0 radical (unpaired) electrons. The monoisotopic (exact) mass is 398 g/mol. The van der Waals surface area contributed by atoms with E-state index in [0.717, 1.165) is 25.9 Å². The van der Waals surface area contributed by atoms with Crippen LogP contribution in [-0.2, 0) is 38.1 Å². The highest BCUT2D eigenvalue weighted by Gasteiger charge is 1.94. The lowest BCUT2D eigenvalue weighted by Gasteiger charge is -2.08. The van der Waals surface area contributed by atoms with E-state index in [9.17, 15) is 0 Å². The Morgan fingerprint density at radius 2 is 0.593 bits per heavy atom. The van der Waals surface area contributed by atoms with E-state index in [1.165, 1.54) is 0 Å². The van der Waals surface area contributed by atoms with Gasteiger partial charge in [0.1, 0.15) is 0 Å². The Kier molecular flexibility index (Phi) is 25.2. The predicted octanol–water partition coefficient (Wildman–Crippen LogP) is 0.0369. The molecule has 10 nitrogen and oxygen atoms in total. The molecule has 0 unspecified atom stereocenters.